The maximum atomic E-state index is 12.7. The molecule has 2 aromatic heterocycles. The number of ketones is 1. The Labute approximate surface area is 121 Å². The molecule has 0 atom stereocenters. The molecule has 0 fully saturated rings. The maximum absolute atomic E-state index is 12.7. The number of carbonyl (C=O) groups is 1. The van der Waals surface area contributed by atoms with Crippen molar-refractivity contribution in [1.82, 2.24) is 4.98 Å². The van der Waals surface area contributed by atoms with Crippen LogP contribution >= 0.6 is 11.3 Å². The molecule has 0 radical (unpaired) electrons. The second-order valence-electron chi connectivity index (χ2n) is 5.12. The SMILES string of the molecule is O=C(c1cc2c(s1)CCC2)c1cccc2ncccc12. The first-order chi connectivity index (χ1) is 9.83. The second kappa shape index (κ2) is 4.53. The topological polar surface area (TPSA) is 30.0 Å². The van der Waals surface area contributed by atoms with Crippen LogP contribution in [0.15, 0.2) is 42.6 Å². The molecule has 20 heavy (non-hydrogen) atoms. The Hall–Kier alpha value is -2.00. The normalized spacial score (nSPS) is 13.6. The molecule has 0 amide bonds. The minimum Gasteiger partial charge on any atom is -0.288 e. The van der Waals surface area contributed by atoms with E-state index in [0.717, 1.165) is 34.2 Å². The highest BCUT2D eigenvalue weighted by atomic mass is 32.1. The standard InChI is InChI=1S/C17H13NOS/c19-17(16-10-11-4-1-8-15(11)20-16)13-5-2-7-14-12(13)6-3-9-18-14/h2-3,5-7,9-10H,1,4,8H2. The molecule has 4 rings (SSSR count). The number of aryl methyl sites for hydroxylation is 2. The summed E-state index contributed by atoms with van der Waals surface area (Å²) < 4.78 is 0. The van der Waals surface area contributed by atoms with Crippen LogP contribution in [-0.2, 0) is 12.8 Å². The van der Waals surface area contributed by atoms with Gasteiger partial charge in [-0.2, -0.15) is 0 Å². The van der Waals surface area contributed by atoms with Gasteiger partial charge in [-0.1, -0.05) is 18.2 Å². The van der Waals surface area contributed by atoms with Crippen LogP contribution in [0.1, 0.15) is 32.1 Å². The summed E-state index contributed by atoms with van der Waals surface area (Å²) in [6.45, 7) is 0. The highest BCUT2D eigenvalue weighted by Gasteiger charge is 2.20. The zero-order valence-corrected chi connectivity index (χ0v) is 11.7. The molecule has 1 aliphatic rings. The van der Waals surface area contributed by atoms with E-state index < -0.39 is 0 Å². The molecule has 2 heterocycles. The Kier molecular flexibility index (Phi) is 2.67. The molecular weight excluding hydrogens is 266 g/mol. The summed E-state index contributed by atoms with van der Waals surface area (Å²) in [5.41, 5.74) is 3.01. The van der Waals surface area contributed by atoms with Gasteiger partial charge in [-0.25, -0.2) is 0 Å². The number of fused-ring (bicyclic) bond motifs is 2. The van der Waals surface area contributed by atoms with Gasteiger partial charge in [0.2, 0.25) is 5.78 Å². The van der Waals surface area contributed by atoms with Crippen molar-refractivity contribution in [3.05, 3.63) is 63.5 Å². The van der Waals surface area contributed by atoms with E-state index in [4.69, 9.17) is 0 Å². The Morgan fingerprint density at radius 2 is 2.10 bits per heavy atom. The van der Waals surface area contributed by atoms with Crippen LogP contribution in [0, 0.1) is 0 Å². The number of carbonyl (C=O) groups excluding carboxylic acids is 1. The molecule has 0 aliphatic heterocycles. The molecule has 98 valence electrons. The number of pyridine rings is 1. The van der Waals surface area contributed by atoms with Crippen molar-refractivity contribution < 1.29 is 4.79 Å². The Morgan fingerprint density at radius 3 is 3.00 bits per heavy atom. The van der Waals surface area contributed by atoms with Gasteiger partial charge in [0.25, 0.3) is 0 Å². The van der Waals surface area contributed by atoms with Crippen molar-refractivity contribution >= 4 is 28.0 Å². The average molecular weight is 279 g/mol. The van der Waals surface area contributed by atoms with Crippen LogP contribution < -0.4 is 0 Å². The van der Waals surface area contributed by atoms with Gasteiger partial charge in [0.1, 0.15) is 0 Å². The molecule has 2 nitrogen and oxygen atoms in total. The van der Waals surface area contributed by atoms with Crippen LogP contribution in [0.25, 0.3) is 10.9 Å². The van der Waals surface area contributed by atoms with E-state index >= 15 is 0 Å². The van der Waals surface area contributed by atoms with E-state index in [1.807, 2.05) is 30.3 Å². The smallest absolute Gasteiger partial charge is 0.203 e. The number of benzene rings is 1. The first-order valence-corrected chi connectivity index (χ1v) is 7.64. The molecular formula is C17H13NOS. The summed E-state index contributed by atoms with van der Waals surface area (Å²) in [6.07, 6.45) is 5.24. The fourth-order valence-corrected chi connectivity index (χ4v) is 4.08. The van der Waals surface area contributed by atoms with Crippen molar-refractivity contribution in [3.8, 4) is 0 Å². The number of hydrogen-bond donors (Lipinski definition) is 0. The third-order valence-electron chi connectivity index (χ3n) is 3.86. The third-order valence-corrected chi connectivity index (χ3v) is 5.10. The summed E-state index contributed by atoms with van der Waals surface area (Å²) in [6, 6.07) is 11.7. The molecule has 0 spiro atoms. The van der Waals surface area contributed by atoms with Gasteiger partial charge in [0.05, 0.1) is 10.4 Å². The van der Waals surface area contributed by atoms with Crippen LogP contribution in [0.5, 0.6) is 0 Å². The number of rotatable bonds is 2. The second-order valence-corrected chi connectivity index (χ2v) is 6.25. The summed E-state index contributed by atoms with van der Waals surface area (Å²) in [5, 5.41) is 0.938. The highest BCUT2D eigenvalue weighted by Crippen LogP contribution is 2.32. The molecule has 3 aromatic rings. The van der Waals surface area contributed by atoms with Gasteiger partial charge in [-0.15, -0.1) is 11.3 Å². The summed E-state index contributed by atoms with van der Waals surface area (Å²) in [4.78, 5) is 19.3. The van der Waals surface area contributed by atoms with Crippen molar-refractivity contribution in [1.29, 1.82) is 0 Å². The average Bonchev–Trinajstić information content (AvgIpc) is 3.07. The van der Waals surface area contributed by atoms with Crippen molar-refractivity contribution in [2.24, 2.45) is 0 Å². The fraction of sp³-hybridized carbons (Fsp3) is 0.176. The molecule has 0 unspecified atom stereocenters. The minimum absolute atomic E-state index is 0.128. The first kappa shape index (κ1) is 11.8. The Balaban J connectivity index is 1.84. The lowest BCUT2D eigenvalue weighted by Gasteiger charge is -2.03. The number of thiophene rings is 1. The van der Waals surface area contributed by atoms with Gasteiger partial charge in [0, 0.05) is 22.0 Å². The zero-order chi connectivity index (χ0) is 13.5. The van der Waals surface area contributed by atoms with Gasteiger partial charge in [-0.05, 0) is 43.0 Å². The number of nitrogens with zero attached hydrogens (tertiary/aromatic N) is 1. The van der Waals surface area contributed by atoms with Gasteiger partial charge in [0.15, 0.2) is 0 Å². The van der Waals surface area contributed by atoms with E-state index in [9.17, 15) is 4.79 Å². The molecule has 0 N–H and O–H groups in total. The molecule has 3 heteroatoms. The summed E-state index contributed by atoms with van der Waals surface area (Å²) in [5.74, 6) is 0.128. The summed E-state index contributed by atoms with van der Waals surface area (Å²) >= 11 is 1.66. The van der Waals surface area contributed by atoms with Crippen molar-refractivity contribution in [2.45, 2.75) is 19.3 Å². The first-order valence-electron chi connectivity index (χ1n) is 6.83. The van der Waals surface area contributed by atoms with E-state index in [-0.39, 0.29) is 5.78 Å². The lowest BCUT2D eigenvalue weighted by molar-refractivity contribution is 0.104. The molecule has 0 saturated carbocycles. The van der Waals surface area contributed by atoms with E-state index in [0.29, 0.717) is 0 Å². The van der Waals surface area contributed by atoms with Crippen LogP contribution in [0.2, 0.25) is 0 Å². The highest BCUT2D eigenvalue weighted by molar-refractivity contribution is 7.14. The van der Waals surface area contributed by atoms with Crippen LogP contribution in [0.3, 0.4) is 0 Å². The monoisotopic (exact) mass is 279 g/mol. The quantitative estimate of drug-likeness (QED) is 0.663. The van der Waals surface area contributed by atoms with Crippen LogP contribution in [-0.4, -0.2) is 10.8 Å². The third kappa shape index (κ3) is 1.78. The lowest BCUT2D eigenvalue weighted by Crippen LogP contribution is -2.00. The Morgan fingerprint density at radius 1 is 1.15 bits per heavy atom. The van der Waals surface area contributed by atoms with Crippen molar-refractivity contribution in [2.75, 3.05) is 0 Å². The van der Waals surface area contributed by atoms with Crippen LogP contribution in [0.4, 0.5) is 0 Å². The predicted octanol–water partition coefficient (Wildman–Crippen LogP) is 4.02. The molecule has 0 saturated heterocycles. The fourth-order valence-electron chi connectivity index (χ4n) is 2.88. The number of aromatic nitrogens is 1. The van der Waals surface area contributed by atoms with E-state index in [1.54, 1.807) is 17.5 Å². The zero-order valence-electron chi connectivity index (χ0n) is 10.9. The van der Waals surface area contributed by atoms with E-state index in [2.05, 4.69) is 11.1 Å². The van der Waals surface area contributed by atoms with E-state index in [1.165, 1.54) is 16.9 Å². The van der Waals surface area contributed by atoms with Gasteiger partial charge in [-0.3, -0.25) is 9.78 Å². The van der Waals surface area contributed by atoms with Gasteiger partial charge < -0.3 is 0 Å². The molecule has 0 bridgehead atoms. The minimum atomic E-state index is 0.128. The Bertz CT molecular complexity index is 792. The predicted molar refractivity (Wildman–Crippen MR) is 81.5 cm³/mol. The lowest BCUT2D eigenvalue weighted by atomic mass is 10.0. The maximum Gasteiger partial charge on any atom is 0.203 e. The molecule has 1 aromatic carbocycles. The van der Waals surface area contributed by atoms with Crippen molar-refractivity contribution in [3.63, 3.8) is 0 Å². The van der Waals surface area contributed by atoms with Gasteiger partial charge >= 0.3 is 0 Å². The summed E-state index contributed by atoms with van der Waals surface area (Å²) in [7, 11) is 0. The largest absolute Gasteiger partial charge is 0.288 e. The molecule has 1 aliphatic carbocycles. The number of hydrogen-bond acceptors (Lipinski definition) is 3.